The third-order valence-corrected chi connectivity index (χ3v) is 4.56. The van der Waals surface area contributed by atoms with E-state index in [-0.39, 0.29) is 11.7 Å². The third kappa shape index (κ3) is 6.17. The van der Waals surface area contributed by atoms with Gasteiger partial charge in [-0.3, -0.25) is 9.48 Å². The van der Waals surface area contributed by atoms with Crippen molar-refractivity contribution in [3.8, 4) is 5.75 Å². The number of aryl methyl sites for hydroxylation is 2. The number of para-hydroxylation sites is 1. The molecule has 29 heavy (non-hydrogen) atoms. The molecule has 0 radical (unpaired) electrons. The van der Waals surface area contributed by atoms with Crippen molar-refractivity contribution in [1.82, 2.24) is 15.1 Å². The molecule has 0 unspecified atom stereocenters. The zero-order valence-corrected chi connectivity index (χ0v) is 16.8. The number of halogens is 1. The van der Waals surface area contributed by atoms with E-state index in [1.54, 1.807) is 18.2 Å². The molecule has 3 rings (SSSR count). The smallest absolute Gasteiger partial charge is 0.220 e. The fourth-order valence-corrected chi connectivity index (χ4v) is 3.11. The van der Waals surface area contributed by atoms with Crippen LogP contribution in [0.5, 0.6) is 5.75 Å². The van der Waals surface area contributed by atoms with Crippen molar-refractivity contribution in [2.24, 2.45) is 0 Å². The Morgan fingerprint density at radius 3 is 2.66 bits per heavy atom. The Morgan fingerprint density at radius 2 is 1.90 bits per heavy atom. The fraction of sp³-hybridized carbons (Fsp3) is 0.304. The molecule has 0 aliphatic rings. The van der Waals surface area contributed by atoms with E-state index >= 15 is 0 Å². The normalized spacial score (nSPS) is 10.7. The van der Waals surface area contributed by atoms with Gasteiger partial charge in [0.05, 0.1) is 18.8 Å². The van der Waals surface area contributed by atoms with Crippen molar-refractivity contribution in [3.63, 3.8) is 0 Å². The van der Waals surface area contributed by atoms with E-state index in [0.717, 1.165) is 22.5 Å². The Hall–Kier alpha value is -3.15. The van der Waals surface area contributed by atoms with Crippen molar-refractivity contribution >= 4 is 5.91 Å². The number of nitrogens with one attached hydrogen (secondary N) is 1. The molecule has 0 aliphatic heterocycles. The minimum Gasteiger partial charge on any atom is -0.491 e. The molecule has 0 spiro atoms. The molecular formula is C23H26FN3O2. The molecule has 0 bridgehead atoms. The van der Waals surface area contributed by atoms with Gasteiger partial charge in [-0.2, -0.15) is 5.10 Å². The molecule has 0 atom stereocenters. The highest BCUT2D eigenvalue weighted by atomic mass is 19.1. The highest BCUT2D eigenvalue weighted by Gasteiger charge is 2.06. The number of ether oxygens (including phenoxy) is 1. The maximum atomic E-state index is 13.5. The van der Waals surface area contributed by atoms with Crippen LogP contribution < -0.4 is 10.1 Å². The minimum absolute atomic E-state index is 0.0499. The summed E-state index contributed by atoms with van der Waals surface area (Å²) in [4.78, 5) is 12.1. The summed E-state index contributed by atoms with van der Waals surface area (Å²) < 4.78 is 20.8. The Morgan fingerprint density at radius 1 is 1.10 bits per heavy atom. The summed E-state index contributed by atoms with van der Waals surface area (Å²) in [5.74, 6) is -0.226. The van der Waals surface area contributed by atoms with Crippen molar-refractivity contribution in [3.05, 3.63) is 82.9 Å². The van der Waals surface area contributed by atoms with Crippen molar-refractivity contribution in [2.45, 2.75) is 39.8 Å². The summed E-state index contributed by atoms with van der Waals surface area (Å²) in [5, 5.41) is 7.41. The molecule has 5 nitrogen and oxygen atoms in total. The van der Waals surface area contributed by atoms with Gasteiger partial charge in [0.25, 0.3) is 0 Å². The zero-order valence-electron chi connectivity index (χ0n) is 16.8. The number of carbonyl (C=O) groups excluding carboxylic acids is 1. The van der Waals surface area contributed by atoms with Crippen LogP contribution in [-0.2, 0) is 17.9 Å². The van der Waals surface area contributed by atoms with Gasteiger partial charge in [0, 0.05) is 18.7 Å². The van der Waals surface area contributed by atoms with Gasteiger partial charge in [-0.1, -0.05) is 36.4 Å². The molecule has 0 saturated carbocycles. The average Bonchev–Trinajstić information content (AvgIpc) is 3.02. The molecular weight excluding hydrogens is 369 g/mol. The zero-order chi connectivity index (χ0) is 20.6. The van der Waals surface area contributed by atoms with E-state index in [2.05, 4.69) is 28.6 Å². The Labute approximate surface area is 170 Å². The van der Waals surface area contributed by atoms with Gasteiger partial charge in [-0.15, -0.1) is 0 Å². The van der Waals surface area contributed by atoms with Crippen LogP contribution >= 0.6 is 0 Å². The highest BCUT2D eigenvalue weighted by Crippen LogP contribution is 2.15. The molecule has 2 aromatic carbocycles. The molecule has 1 amide bonds. The molecule has 152 valence electrons. The Bertz CT molecular complexity index is 968. The van der Waals surface area contributed by atoms with Crippen LogP contribution in [0.1, 0.15) is 35.4 Å². The van der Waals surface area contributed by atoms with Gasteiger partial charge in [0.1, 0.15) is 0 Å². The number of aromatic nitrogens is 2. The maximum absolute atomic E-state index is 13.5. The lowest BCUT2D eigenvalue weighted by Gasteiger charge is -2.09. The summed E-state index contributed by atoms with van der Waals surface area (Å²) in [5.41, 5.74) is 4.31. The molecule has 1 aromatic heterocycles. The first-order valence-corrected chi connectivity index (χ1v) is 9.74. The van der Waals surface area contributed by atoms with Crippen LogP contribution in [0.3, 0.4) is 0 Å². The number of hydrogen-bond donors (Lipinski definition) is 1. The van der Waals surface area contributed by atoms with Crippen LogP contribution in [0.25, 0.3) is 0 Å². The second-order valence-electron chi connectivity index (χ2n) is 7.06. The number of benzene rings is 2. The maximum Gasteiger partial charge on any atom is 0.220 e. The monoisotopic (exact) mass is 395 g/mol. The first-order valence-electron chi connectivity index (χ1n) is 9.74. The Kier molecular flexibility index (Phi) is 7.00. The quantitative estimate of drug-likeness (QED) is 0.554. The lowest BCUT2D eigenvalue weighted by atomic mass is 10.1. The van der Waals surface area contributed by atoms with Crippen LogP contribution in [0.4, 0.5) is 4.39 Å². The van der Waals surface area contributed by atoms with Gasteiger partial charge in [0.2, 0.25) is 5.91 Å². The summed E-state index contributed by atoms with van der Waals surface area (Å²) >= 11 is 0. The molecule has 1 N–H and O–H groups in total. The number of amides is 1. The summed E-state index contributed by atoms with van der Waals surface area (Å²) in [7, 11) is 0. The summed E-state index contributed by atoms with van der Waals surface area (Å²) in [6.45, 7) is 5.50. The van der Waals surface area contributed by atoms with Gasteiger partial charge < -0.3 is 10.1 Å². The molecule has 0 aliphatic carbocycles. The van der Waals surface area contributed by atoms with E-state index in [9.17, 15) is 9.18 Å². The number of rotatable bonds is 9. The lowest BCUT2D eigenvalue weighted by Crippen LogP contribution is -2.23. The van der Waals surface area contributed by atoms with Gasteiger partial charge in [-0.05, 0) is 49.6 Å². The predicted molar refractivity (Wildman–Crippen MR) is 110 cm³/mol. The van der Waals surface area contributed by atoms with E-state index in [1.807, 2.05) is 30.7 Å². The van der Waals surface area contributed by atoms with Crippen LogP contribution in [-0.4, -0.2) is 22.3 Å². The number of nitrogens with zero attached hydrogens (tertiary/aromatic N) is 2. The number of carbonyl (C=O) groups is 1. The summed E-state index contributed by atoms with van der Waals surface area (Å²) in [6.07, 6.45) is 0.859. The van der Waals surface area contributed by atoms with E-state index < -0.39 is 5.82 Å². The molecule has 3 aromatic rings. The van der Waals surface area contributed by atoms with Crippen LogP contribution in [0.15, 0.2) is 54.6 Å². The van der Waals surface area contributed by atoms with E-state index in [4.69, 9.17) is 4.74 Å². The topological polar surface area (TPSA) is 56.2 Å². The molecule has 0 saturated heterocycles. The van der Waals surface area contributed by atoms with Crippen molar-refractivity contribution in [2.75, 3.05) is 6.61 Å². The number of hydrogen-bond acceptors (Lipinski definition) is 3. The second kappa shape index (κ2) is 9.87. The van der Waals surface area contributed by atoms with Crippen molar-refractivity contribution in [1.29, 1.82) is 0 Å². The lowest BCUT2D eigenvalue weighted by molar-refractivity contribution is -0.121. The SMILES string of the molecule is Cc1cc(C)n(Cc2cccc(CNC(=O)CCCOc3ccccc3F)c2)n1. The fourth-order valence-electron chi connectivity index (χ4n) is 3.11. The van der Waals surface area contributed by atoms with Gasteiger partial charge in [-0.25, -0.2) is 4.39 Å². The Balaban J connectivity index is 1.42. The van der Waals surface area contributed by atoms with Crippen LogP contribution in [0.2, 0.25) is 0 Å². The molecule has 6 heteroatoms. The molecule has 1 heterocycles. The van der Waals surface area contributed by atoms with E-state index in [0.29, 0.717) is 32.5 Å². The van der Waals surface area contributed by atoms with Gasteiger partial charge in [0.15, 0.2) is 11.6 Å². The third-order valence-electron chi connectivity index (χ3n) is 4.56. The van der Waals surface area contributed by atoms with Gasteiger partial charge >= 0.3 is 0 Å². The highest BCUT2D eigenvalue weighted by molar-refractivity contribution is 5.75. The average molecular weight is 395 g/mol. The molecule has 0 fully saturated rings. The van der Waals surface area contributed by atoms with E-state index in [1.165, 1.54) is 6.07 Å². The largest absolute Gasteiger partial charge is 0.491 e. The standard InChI is InChI=1S/C23H26FN3O2/c1-17-13-18(2)27(26-17)16-20-8-5-7-19(14-20)15-25-23(28)11-6-12-29-22-10-4-3-9-21(22)24/h3-5,7-10,13-14H,6,11-12,15-16H2,1-2H3,(H,25,28). The predicted octanol–water partition coefficient (Wildman–Crippen LogP) is 4.16. The first-order chi connectivity index (χ1) is 14.0. The summed E-state index contributed by atoms with van der Waals surface area (Å²) in [6, 6.07) is 16.4. The van der Waals surface area contributed by atoms with Crippen LogP contribution in [0, 0.1) is 19.7 Å². The van der Waals surface area contributed by atoms with Crippen molar-refractivity contribution < 1.29 is 13.9 Å². The first kappa shape index (κ1) is 20.6. The second-order valence-corrected chi connectivity index (χ2v) is 7.06. The minimum atomic E-state index is -0.391.